The van der Waals surface area contributed by atoms with Crippen LogP contribution in [0.15, 0.2) is 48.7 Å². The summed E-state index contributed by atoms with van der Waals surface area (Å²) in [5.74, 6) is 0.488. The number of methoxy groups -OCH3 is 1. The Labute approximate surface area is 112 Å². The summed E-state index contributed by atoms with van der Waals surface area (Å²) in [5.41, 5.74) is 7.35. The van der Waals surface area contributed by atoms with Crippen LogP contribution >= 0.6 is 0 Å². The Morgan fingerprint density at radius 1 is 1.26 bits per heavy atom. The fourth-order valence-electron chi connectivity index (χ4n) is 2.06. The number of pyridine rings is 1. The maximum Gasteiger partial charge on any atom is 0.119 e. The van der Waals surface area contributed by atoms with Crippen LogP contribution in [0.1, 0.15) is 23.3 Å². The fourth-order valence-corrected chi connectivity index (χ4v) is 2.06. The minimum Gasteiger partial charge on any atom is -0.497 e. The third kappa shape index (κ3) is 3.10. The van der Waals surface area contributed by atoms with Gasteiger partial charge in [-0.05, 0) is 29.8 Å². The summed E-state index contributed by atoms with van der Waals surface area (Å²) in [5, 5.41) is 10.5. The van der Waals surface area contributed by atoms with Gasteiger partial charge in [0.25, 0.3) is 0 Å². The number of hydrogen-bond acceptors (Lipinski definition) is 4. The Hall–Kier alpha value is -1.91. The van der Waals surface area contributed by atoms with Crippen molar-refractivity contribution in [2.75, 3.05) is 13.7 Å². The second-order valence-electron chi connectivity index (χ2n) is 4.32. The van der Waals surface area contributed by atoms with E-state index in [2.05, 4.69) is 4.98 Å². The molecule has 1 heterocycles. The second-order valence-corrected chi connectivity index (χ2v) is 4.32. The Morgan fingerprint density at radius 3 is 2.74 bits per heavy atom. The van der Waals surface area contributed by atoms with Gasteiger partial charge < -0.3 is 15.6 Å². The summed E-state index contributed by atoms with van der Waals surface area (Å²) in [7, 11) is 1.60. The van der Waals surface area contributed by atoms with Crippen molar-refractivity contribution in [3.8, 4) is 5.75 Å². The summed E-state index contributed by atoms with van der Waals surface area (Å²) < 4.78 is 5.17. The molecule has 0 spiro atoms. The van der Waals surface area contributed by atoms with E-state index in [1.807, 2.05) is 42.5 Å². The van der Waals surface area contributed by atoms with Crippen molar-refractivity contribution in [3.63, 3.8) is 0 Å². The third-order valence-electron chi connectivity index (χ3n) is 3.14. The lowest BCUT2D eigenvalue weighted by Gasteiger charge is -2.21. The average Bonchev–Trinajstić information content (AvgIpc) is 2.49. The van der Waals surface area contributed by atoms with Gasteiger partial charge in [-0.15, -0.1) is 0 Å². The lowest BCUT2D eigenvalue weighted by molar-refractivity contribution is 0.145. The SMILES string of the molecule is COc1cccc(C(O)C(CN)c2ccccn2)c1. The lowest BCUT2D eigenvalue weighted by Crippen LogP contribution is -2.21. The standard InChI is InChI=1S/C15H18N2O2/c1-19-12-6-4-5-11(9-12)15(18)13(10-16)14-7-2-3-8-17-14/h2-9,13,15,18H,10,16H2,1H3. The zero-order valence-electron chi connectivity index (χ0n) is 10.9. The molecular formula is C15H18N2O2. The molecule has 4 heteroatoms. The van der Waals surface area contributed by atoms with E-state index in [4.69, 9.17) is 10.5 Å². The molecule has 1 aromatic carbocycles. The van der Waals surface area contributed by atoms with Crippen LogP contribution in [0.2, 0.25) is 0 Å². The van der Waals surface area contributed by atoms with Crippen LogP contribution in [0.4, 0.5) is 0 Å². The molecule has 0 aliphatic rings. The summed E-state index contributed by atoms with van der Waals surface area (Å²) in [4.78, 5) is 4.27. The summed E-state index contributed by atoms with van der Waals surface area (Å²) in [6, 6.07) is 13.0. The third-order valence-corrected chi connectivity index (χ3v) is 3.14. The van der Waals surface area contributed by atoms with Crippen molar-refractivity contribution in [1.82, 2.24) is 4.98 Å². The van der Waals surface area contributed by atoms with E-state index in [0.29, 0.717) is 12.3 Å². The van der Waals surface area contributed by atoms with Gasteiger partial charge in [0.2, 0.25) is 0 Å². The average molecular weight is 258 g/mol. The van der Waals surface area contributed by atoms with Crippen LogP contribution < -0.4 is 10.5 Å². The first kappa shape index (κ1) is 13.5. The van der Waals surface area contributed by atoms with E-state index in [1.165, 1.54) is 0 Å². The lowest BCUT2D eigenvalue weighted by atomic mass is 9.92. The molecule has 0 bridgehead atoms. The smallest absolute Gasteiger partial charge is 0.119 e. The van der Waals surface area contributed by atoms with Crippen molar-refractivity contribution >= 4 is 0 Å². The topological polar surface area (TPSA) is 68.4 Å². The highest BCUT2D eigenvalue weighted by molar-refractivity contribution is 5.31. The van der Waals surface area contributed by atoms with Gasteiger partial charge in [0, 0.05) is 24.4 Å². The Balaban J connectivity index is 2.27. The molecular weight excluding hydrogens is 240 g/mol. The number of aromatic nitrogens is 1. The molecule has 0 amide bonds. The highest BCUT2D eigenvalue weighted by Gasteiger charge is 2.22. The van der Waals surface area contributed by atoms with Crippen molar-refractivity contribution in [3.05, 3.63) is 59.9 Å². The number of aliphatic hydroxyl groups is 1. The molecule has 3 N–H and O–H groups in total. The Kier molecular flexibility index (Phi) is 4.49. The van der Waals surface area contributed by atoms with Gasteiger partial charge in [-0.1, -0.05) is 18.2 Å². The molecule has 1 aromatic heterocycles. The van der Waals surface area contributed by atoms with Gasteiger partial charge >= 0.3 is 0 Å². The van der Waals surface area contributed by atoms with Crippen LogP contribution in [0.5, 0.6) is 5.75 Å². The van der Waals surface area contributed by atoms with Crippen LogP contribution in [0, 0.1) is 0 Å². The van der Waals surface area contributed by atoms with Crippen molar-refractivity contribution in [1.29, 1.82) is 0 Å². The molecule has 0 aliphatic heterocycles. The largest absolute Gasteiger partial charge is 0.497 e. The predicted molar refractivity (Wildman–Crippen MR) is 74.0 cm³/mol. The number of nitrogens with two attached hydrogens (primary N) is 1. The Bertz CT molecular complexity index is 517. The number of rotatable bonds is 5. The molecule has 0 aliphatic carbocycles. The number of benzene rings is 1. The summed E-state index contributed by atoms with van der Waals surface area (Å²) in [6.07, 6.45) is 1.01. The van der Waals surface area contributed by atoms with E-state index < -0.39 is 6.10 Å². The van der Waals surface area contributed by atoms with Crippen LogP contribution in [0.25, 0.3) is 0 Å². The first-order valence-electron chi connectivity index (χ1n) is 6.19. The van der Waals surface area contributed by atoms with Gasteiger partial charge in [0.15, 0.2) is 0 Å². The molecule has 0 fully saturated rings. The minimum atomic E-state index is -0.699. The highest BCUT2D eigenvalue weighted by Crippen LogP contribution is 2.30. The predicted octanol–water partition coefficient (Wildman–Crippen LogP) is 1.87. The first-order chi connectivity index (χ1) is 9.26. The van der Waals surface area contributed by atoms with E-state index in [9.17, 15) is 5.11 Å². The zero-order valence-corrected chi connectivity index (χ0v) is 10.9. The van der Waals surface area contributed by atoms with Crippen molar-refractivity contribution in [2.24, 2.45) is 5.73 Å². The normalized spacial score (nSPS) is 13.8. The molecule has 2 unspecified atom stereocenters. The molecule has 2 aromatic rings. The van der Waals surface area contributed by atoms with E-state index in [0.717, 1.165) is 11.3 Å². The highest BCUT2D eigenvalue weighted by atomic mass is 16.5. The quantitative estimate of drug-likeness (QED) is 0.859. The Morgan fingerprint density at radius 2 is 2.11 bits per heavy atom. The molecule has 2 atom stereocenters. The van der Waals surface area contributed by atoms with E-state index in [1.54, 1.807) is 13.3 Å². The number of hydrogen-bond donors (Lipinski definition) is 2. The molecule has 0 saturated carbocycles. The molecule has 100 valence electrons. The maximum absolute atomic E-state index is 10.5. The van der Waals surface area contributed by atoms with Gasteiger partial charge in [0.1, 0.15) is 5.75 Å². The minimum absolute atomic E-state index is 0.228. The number of ether oxygens (including phenoxy) is 1. The molecule has 2 rings (SSSR count). The van der Waals surface area contributed by atoms with Gasteiger partial charge in [-0.3, -0.25) is 4.98 Å². The maximum atomic E-state index is 10.5. The first-order valence-corrected chi connectivity index (χ1v) is 6.19. The number of aliphatic hydroxyl groups excluding tert-OH is 1. The monoisotopic (exact) mass is 258 g/mol. The molecule has 0 saturated heterocycles. The van der Waals surface area contributed by atoms with Gasteiger partial charge in [-0.25, -0.2) is 0 Å². The number of nitrogens with zero attached hydrogens (tertiary/aromatic N) is 1. The summed E-state index contributed by atoms with van der Waals surface area (Å²) >= 11 is 0. The van der Waals surface area contributed by atoms with E-state index >= 15 is 0 Å². The van der Waals surface area contributed by atoms with Crippen LogP contribution in [-0.4, -0.2) is 23.7 Å². The van der Waals surface area contributed by atoms with Crippen LogP contribution in [-0.2, 0) is 0 Å². The molecule has 0 radical (unpaired) electrons. The molecule has 4 nitrogen and oxygen atoms in total. The van der Waals surface area contributed by atoms with E-state index in [-0.39, 0.29) is 5.92 Å². The zero-order chi connectivity index (χ0) is 13.7. The van der Waals surface area contributed by atoms with Gasteiger partial charge in [-0.2, -0.15) is 0 Å². The second kappa shape index (κ2) is 6.31. The van der Waals surface area contributed by atoms with Crippen molar-refractivity contribution in [2.45, 2.75) is 12.0 Å². The van der Waals surface area contributed by atoms with Crippen LogP contribution in [0.3, 0.4) is 0 Å². The molecule has 19 heavy (non-hydrogen) atoms. The van der Waals surface area contributed by atoms with Gasteiger partial charge in [0.05, 0.1) is 13.2 Å². The summed E-state index contributed by atoms with van der Waals surface area (Å²) in [6.45, 7) is 0.329. The fraction of sp³-hybridized carbons (Fsp3) is 0.267. The van der Waals surface area contributed by atoms with Crippen molar-refractivity contribution < 1.29 is 9.84 Å².